The Morgan fingerprint density at radius 3 is 2.22 bits per heavy atom. The minimum Gasteiger partial charge on any atom is -0.508 e. The monoisotopic (exact) mass is 124 g/mol. The van der Waals surface area contributed by atoms with Crippen LogP contribution in [-0.2, 0) is 4.79 Å². The van der Waals surface area contributed by atoms with Gasteiger partial charge in [0.25, 0.3) is 0 Å². The lowest BCUT2D eigenvalue weighted by atomic mass is 10.3. The van der Waals surface area contributed by atoms with E-state index in [1.165, 1.54) is 6.08 Å². The van der Waals surface area contributed by atoms with Crippen LogP contribution in [-0.4, -0.2) is 10.9 Å². The number of hydrogen-bond acceptors (Lipinski definition) is 2. The van der Waals surface area contributed by atoms with Crippen LogP contribution in [0.4, 0.5) is 0 Å². The summed E-state index contributed by atoms with van der Waals surface area (Å²) in [6.45, 7) is 6.45. The summed E-state index contributed by atoms with van der Waals surface area (Å²) >= 11 is 0. The highest BCUT2D eigenvalue weighted by atomic mass is 16.3. The molecule has 0 saturated carbocycles. The van der Waals surface area contributed by atoms with E-state index in [1.807, 2.05) is 0 Å². The van der Waals surface area contributed by atoms with Crippen molar-refractivity contribution in [3.05, 3.63) is 37.1 Å². The van der Waals surface area contributed by atoms with Crippen LogP contribution in [0.1, 0.15) is 0 Å². The first-order chi connectivity index (χ1) is 4.20. The van der Waals surface area contributed by atoms with Crippen LogP contribution in [0.5, 0.6) is 0 Å². The highest BCUT2D eigenvalue weighted by Crippen LogP contribution is 1.88. The molecule has 9 heavy (non-hydrogen) atoms. The van der Waals surface area contributed by atoms with Gasteiger partial charge in [0.05, 0.1) is 0 Å². The summed E-state index contributed by atoms with van der Waals surface area (Å²) in [6, 6.07) is 0. The Morgan fingerprint density at radius 2 is 1.89 bits per heavy atom. The van der Waals surface area contributed by atoms with Crippen LogP contribution >= 0.6 is 0 Å². The number of allylic oxidation sites excluding steroid dienone is 3. The maximum atomic E-state index is 10.4. The van der Waals surface area contributed by atoms with Gasteiger partial charge in [-0.25, -0.2) is 0 Å². The molecule has 0 heterocycles. The molecule has 0 fully saturated rings. The van der Waals surface area contributed by atoms with E-state index >= 15 is 0 Å². The fraction of sp³-hybridized carbons (Fsp3) is 0. The molecular formula is C7H8O2. The highest BCUT2D eigenvalue weighted by Gasteiger charge is 1.88. The number of carbonyl (C=O) groups is 1. The quantitative estimate of drug-likeness (QED) is 0.350. The Morgan fingerprint density at radius 1 is 1.33 bits per heavy atom. The van der Waals surface area contributed by atoms with E-state index in [-0.39, 0.29) is 11.5 Å². The lowest BCUT2D eigenvalue weighted by Crippen LogP contribution is -1.86. The van der Waals surface area contributed by atoms with Gasteiger partial charge in [-0.15, -0.1) is 0 Å². The molecule has 0 atom stereocenters. The van der Waals surface area contributed by atoms with Gasteiger partial charge in [0.2, 0.25) is 0 Å². The fourth-order valence-corrected chi connectivity index (χ4v) is 0.264. The Bertz CT molecular complexity index is 166. The number of ketones is 1. The maximum absolute atomic E-state index is 10.4. The van der Waals surface area contributed by atoms with Gasteiger partial charge in [0.1, 0.15) is 5.76 Å². The third-order valence-electron chi connectivity index (χ3n) is 0.700. The predicted molar refractivity (Wildman–Crippen MR) is 36.1 cm³/mol. The van der Waals surface area contributed by atoms with Crippen LogP contribution in [0.2, 0.25) is 0 Å². The third-order valence-corrected chi connectivity index (χ3v) is 0.700. The average Bonchev–Trinajstić information content (AvgIpc) is 1.87. The number of hydrogen-bond donors (Lipinski definition) is 1. The molecule has 0 aromatic carbocycles. The van der Waals surface area contributed by atoms with Crippen LogP contribution < -0.4 is 0 Å². The van der Waals surface area contributed by atoms with E-state index in [9.17, 15) is 4.79 Å². The standard InChI is InChI=1S/C7H8O2/c1-3-6(8)5-7(9)4-2/h3-5,8H,1-2H2/b6-5+. The van der Waals surface area contributed by atoms with Gasteiger partial charge in [-0.05, 0) is 12.2 Å². The average molecular weight is 124 g/mol. The second-order valence-corrected chi connectivity index (χ2v) is 1.38. The Labute approximate surface area is 53.8 Å². The Balaban J connectivity index is 4.10. The topological polar surface area (TPSA) is 37.3 Å². The van der Waals surface area contributed by atoms with Crippen molar-refractivity contribution in [1.29, 1.82) is 0 Å². The molecule has 0 amide bonds. The molecule has 0 bridgehead atoms. The van der Waals surface area contributed by atoms with Gasteiger partial charge in [-0.3, -0.25) is 4.79 Å². The van der Waals surface area contributed by atoms with Crippen molar-refractivity contribution in [3.63, 3.8) is 0 Å². The van der Waals surface area contributed by atoms with Crippen LogP contribution in [0.3, 0.4) is 0 Å². The first-order valence-corrected chi connectivity index (χ1v) is 2.40. The minimum absolute atomic E-state index is 0.139. The zero-order chi connectivity index (χ0) is 7.28. The molecule has 0 aromatic rings. The molecule has 0 unspecified atom stereocenters. The van der Waals surface area contributed by atoms with Gasteiger partial charge in [0, 0.05) is 6.08 Å². The molecule has 0 spiro atoms. The summed E-state index contributed by atoms with van der Waals surface area (Å²) in [5.41, 5.74) is 0. The zero-order valence-corrected chi connectivity index (χ0v) is 5.00. The molecule has 0 aromatic heterocycles. The van der Waals surface area contributed by atoms with E-state index in [0.29, 0.717) is 0 Å². The van der Waals surface area contributed by atoms with E-state index in [2.05, 4.69) is 13.2 Å². The summed E-state index contributed by atoms with van der Waals surface area (Å²) in [7, 11) is 0. The Kier molecular flexibility index (Phi) is 3.13. The fourth-order valence-electron chi connectivity index (χ4n) is 0.264. The van der Waals surface area contributed by atoms with Crippen molar-refractivity contribution in [2.45, 2.75) is 0 Å². The normalized spacial score (nSPS) is 10.4. The van der Waals surface area contributed by atoms with E-state index in [0.717, 1.165) is 12.2 Å². The van der Waals surface area contributed by atoms with Crippen molar-refractivity contribution in [2.24, 2.45) is 0 Å². The van der Waals surface area contributed by atoms with E-state index in [1.54, 1.807) is 0 Å². The zero-order valence-electron chi connectivity index (χ0n) is 5.00. The lowest BCUT2D eigenvalue weighted by Gasteiger charge is -1.84. The molecule has 0 saturated heterocycles. The minimum atomic E-state index is -0.326. The van der Waals surface area contributed by atoms with E-state index < -0.39 is 0 Å². The molecule has 2 nitrogen and oxygen atoms in total. The van der Waals surface area contributed by atoms with Crippen molar-refractivity contribution < 1.29 is 9.90 Å². The second kappa shape index (κ2) is 3.66. The smallest absolute Gasteiger partial charge is 0.181 e. The van der Waals surface area contributed by atoms with Crippen LogP contribution in [0, 0.1) is 0 Å². The van der Waals surface area contributed by atoms with Crippen molar-refractivity contribution in [2.75, 3.05) is 0 Å². The number of aliphatic hydroxyl groups excluding tert-OH is 1. The summed E-state index contributed by atoms with van der Waals surface area (Å²) < 4.78 is 0. The largest absolute Gasteiger partial charge is 0.508 e. The summed E-state index contributed by atoms with van der Waals surface area (Å²) in [5.74, 6) is -0.465. The van der Waals surface area contributed by atoms with Crippen LogP contribution in [0.15, 0.2) is 37.1 Å². The lowest BCUT2D eigenvalue weighted by molar-refractivity contribution is -0.110. The second-order valence-electron chi connectivity index (χ2n) is 1.38. The molecule has 0 rings (SSSR count). The summed E-state index contributed by atoms with van der Waals surface area (Å²) in [6.07, 6.45) is 3.33. The summed E-state index contributed by atoms with van der Waals surface area (Å²) in [5, 5.41) is 8.63. The molecule has 2 heteroatoms. The molecule has 0 aliphatic heterocycles. The molecule has 1 N–H and O–H groups in total. The number of rotatable bonds is 3. The predicted octanol–water partition coefficient (Wildman–Crippen LogP) is 1.37. The van der Waals surface area contributed by atoms with Crippen molar-refractivity contribution in [1.82, 2.24) is 0 Å². The van der Waals surface area contributed by atoms with Gasteiger partial charge in [-0.2, -0.15) is 0 Å². The molecule has 0 aliphatic rings. The first kappa shape index (κ1) is 7.69. The van der Waals surface area contributed by atoms with Gasteiger partial charge < -0.3 is 5.11 Å². The maximum Gasteiger partial charge on any atom is 0.181 e. The number of aliphatic hydroxyl groups is 1. The third kappa shape index (κ3) is 3.29. The first-order valence-electron chi connectivity index (χ1n) is 2.40. The molecule has 0 radical (unpaired) electrons. The van der Waals surface area contributed by atoms with E-state index in [4.69, 9.17) is 5.11 Å². The highest BCUT2D eigenvalue weighted by molar-refractivity contribution is 5.99. The molecule has 48 valence electrons. The Hall–Kier alpha value is -1.31. The SMILES string of the molecule is C=CC(=O)/C=C(/O)C=C. The van der Waals surface area contributed by atoms with Gasteiger partial charge in [0.15, 0.2) is 5.78 Å². The molecule has 0 aliphatic carbocycles. The van der Waals surface area contributed by atoms with Gasteiger partial charge in [-0.1, -0.05) is 13.2 Å². The van der Waals surface area contributed by atoms with Crippen molar-refractivity contribution >= 4 is 5.78 Å². The number of carbonyl (C=O) groups excluding carboxylic acids is 1. The molecular weight excluding hydrogens is 116 g/mol. The van der Waals surface area contributed by atoms with Crippen molar-refractivity contribution in [3.8, 4) is 0 Å². The van der Waals surface area contributed by atoms with Gasteiger partial charge >= 0.3 is 0 Å². The van der Waals surface area contributed by atoms with Crippen LogP contribution in [0.25, 0.3) is 0 Å². The summed E-state index contributed by atoms with van der Waals surface area (Å²) in [4.78, 5) is 10.4.